The number of carboxylic acids is 1. The standard InChI is InChI=1S/C17H26N2O2/c1-2-18-16(17(20)21)11-15-9-6-10-19(13-15)12-14-7-4-3-5-8-14/h3-5,7-8,15-16,18H,2,6,9-13H2,1H3,(H,20,21). The van der Waals surface area contributed by atoms with E-state index in [0.29, 0.717) is 12.5 Å². The lowest BCUT2D eigenvalue weighted by atomic mass is 9.91. The van der Waals surface area contributed by atoms with Gasteiger partial charge in [-0.3, -0.25) is 9.69 Å². The van der Waals surface area contributed by atoms with Crippen LogP contribution in [0.4, 0.5) is 0 Å². The molecule has 0 saturated carbocycles. The van der Waals surface area contributed by atoms with E-state index >= 15 is 0 Å². The van der Waals surface area contributed by atoms with Gasteiger partial charge in [0.05, 0.1) is 0 Å². The van der Waals surface area contributed by atoms with E-state index in [-0.39, 0.29) is 0 Å². The number of piperidine rings is 1. The first-order valence-electron chi connectivity index (χ1n) is 7.91. The maximum Gasteiger partial charge on any atom is 0.320 e. The van der Waals surface area contributed by atoms with Crippen LogP contribution in [0, 0.1) is 5.92 Å². The van der Waals surface area contributed by atoms with Crippen molar-refractivity contribution in [1.29, 1.82) is 0 Å². The Morgan fingerprint density at radius 3 is 2.86 bits per heavy atom. The second-order valence-electron chi connectivity index (χ2n) is 5.91. The largest absolute Gasteiger partial charge is 0.480 e. The van der Waals surface area contributed by atoms with Gasteiger partial charge < -0.3 is 10.4 Å². The van der Waals surface area contributed by atoms with E-state index in [9.17, 15) is 9.90 Å². The highest BCUT2D eigenvalue weighted by Gasteiger charge is 2.25. The summed E-state index contributed by atoms with van der Waals surface area (Å²) >= 11 is 0. The average molecular weight is 290 g/mol. The summed E-state index contributed by atoms with van der Waals surface area (Å²) in [6, 6.07) is 10.1. The molecule has 0 spiro atoms. The predicted octanol–water partition coefficient (Wildman–Crippen LogP) is 2.35. The number of likely N-dealkylation sites (tertiary alicyclic amines) is 1. The molecule has 0 bridgehead atoms. The number of likely N-dealkylation sites (N-methyl/N-ethyl adjacent to an activating group) is 1. The third kappa shape index (κ3) is 5.14. The Kier molecular flexibility index (Phi) is 6.21. The Balaban J connectivity index is 1.86. The van der Waals surface area contributed by atoms with E-state index in [1.54, 1.807) is 0 Å². The normalized spacial score (nSPS) is 21.1. The summed E-state index contributed by atoms with van der Waals surface area (Å²) in [7, 11) is 0. The molecule has 1 heterocycles. The molecule has 0 aliphatic carbocycles. The van der Waals surface area contributed by atoms with Crippen molar-refractivity contribution in [2.45, 2.75) is 38.8 Å². The van der Waals surface area contributed by atoms with Crippen molar-refractivity contribution in [2.24, 2.45) is 5.92 Å². The van der Waals surface area contributed by atoms with Gasteiger partial charge in [0.15, 0.2) is 0 Å². The van der Waals surface area contributed by atoms with Crippen molar-refractivity contribution >= 4 is 5.97 Å². The van der Waals surface area contributed by atoms with Crippen molar-refractivity contribution in [3.63, 3.8) is 0 Å². The molecule has 0 aromatic heterocycles. The Bertz CT molecular complexity index is 436. The number of carbonyl (C=O) groups is 1. The zero-order chi connectivity index (χ0) is 15.1. The van der Waals surface area contributed by atoms with E-state index in [1.807, 2.05) is 13.0 Å². The highest BCUT2D eigenvalue weighted by molar-refractivity contribution is 5.73. The SMILES string of the molecule is CCNC(CC1CCCN(Cc2ccccc2)C1)C(=O)O. The van der Waals surface area contributed by atoms with Gasteiger partial charge in [0.2, 0.25) is 0 Å². The van der Waals surface area contributed by atoms with Crippen molar-refractivity contribution in [2.75, 3.05) is 19.6 Å². The molecule has 116 valence electrons. The maximum absolute atomic E-state index is 11.3. The van der Waals surface area contributed by atoms with Crippen LogP contribution in [0.2, 0.25) is 0 Å². The first kappa shape index (κ1) is 16.0. The van der Waals surface area contributed by atoms with E-state index in [1.165, 1.54) is 5.56 Å². The van der Waals surface area contributed by atoms with Crippen LogP contribution in [0.15, 0.2) is 30.3 Å². The first-order chi connectivity index (χ1) is 10.2. The Morgan fingerprint density at radius 2 is 2.19 bits per heavy atom. The third-order valence-electron chi connectivity index (χ3n) is 4.17. The number of nitrogens with zero attached hydrogens (tertiary/aromatic N) is 1. The predicted molar refractivity (Wildman–Crippen MR) is 84.2 cm³/mol. The van der Waals surface area contributed by atoms with Crippen LogP contribution in [0.25, 0.3) is 0 Å². The molecule has 2 unspecified atom stereocenters. The van der Waals surface area contributed by atoms with Gasteiger partial charge in [0.25, 0.3) is 0 Å². The summed E-state index contributed by atoms with van der Waals surface area (Å²) in [5.41, 5.74) is 1.33. The minimum atomic E-state index is -0.725. The lowest BCUT2D eigenvalue weighted by Gasteiger charge is -2.34. The average Bonchev–Trinajstić information content (AvgIpc) is 2.48. The molecular formula is C17H26N2O2. The van der Waals surface area contributed by atoms with Crippen molar-refractivity contribution in [3.8, 4) is 0 Å². The molecule has 1 aromatic rings. The van der Waals surface area contributed by atoms with Gasteiger partial charge in [-0.15, -0.1) is 0 Å². The Hall–Kier alpha value is -1.39. The molecule has 21 heavy (non-hydrogen) atoms. The van der Waals surface area contributed by atoms with Crippen molar-refractivity contribution < 1.29 is 9.90 Å². The van der Waals surface area contributed by atoms with Crippen LogP contribution >= 0.6 is 0 Å². The highest BCUT2D eigenvalue weighted by atomic mass is 16.4. The van der Waals surface area contributed by atoms with Gasteiger partial charge in [0, 0.05) is 13.1 Å². The number of rotatable bonds is 7. The zero-order valence-corrected chi connectivity index (χ0v) is 12.8. The van der Waals surface area contributed by atoms with E-state index in [2.05, 4.69) is 34.5 Å². The fraction of sp³-hybridized carbons (Fsp3) is 0.588. The molecule has 0 amide bonds. The van der Waals surface area contributed by atoms with E-state index in [0.717, 1.165) is 38.9 Å². The zero-order valence-electron chi connectivity index (χ0n) is 12.8. The number of hydrogen-bond acceptors (Lipinski definition) is 3. The molecule has 2 N–H and O–H groups in total. The van der Waals surface area contributed by atoms with Gasteiger partial charge in [-0.2, -0.15) is 0 Å². The summed E-state index contributed by atoms with van der Waals surface area (Å²) in [5, 5.41) is 12.3. The lowest BCUT2D eigenvalue weighted by Crippen LogP contribution is -2.42. The summed E-state index contributed by atoms with van der Waals surface area (Å²) in [6.07, 6.45) is 3.03. The Morgan fingerprint density at radius 1 is 1.43 bits per heavy atom. The molecule has 1 saturated heterocycles. The second kappa shape index (κ2) is 8.15. The van der Waals surface area contributed by atoms with E-state index < -0.39 is 12.0 Å². The topological polar surface area (TPSA) is 52.6 Å². The summed E-state index contributed by atoms with van der Waals surface area (Å²) in [4.78, 5) is 13.7. The smallest absolute Gasteiger partial charge is 0.320 e. The Labute approximate surface area is 127 Å². The fourth-order valence-electron chi connectivity index (χ4n) is 3.18. The molecule has 0 radical (unpaired) electrons. The molecule has 2 atom stereocenters. The molecule has 4 heteroatoms. The van der Waals surface area contributed by atoms with Crippen molar-refractivity contribution in [1.82, 2.24) is 10.2 Å². The molecule has 2 rings (SSSR count). The molecule has 1 aliphatic rings. The quantitative estimate of drug-likeness (QED) is 0.809. The third-order valence-corrected chi connectivity index (χ3v) is 4.17. The van der Waals surface area contributed by atoms with Gasteiger partial charge >= 0.3 is 5.97 Å². The molecular weight excluding hydrogens is 264 g/mol. The summed E-state index contributed by atoms with van der Waals surface area (Å²) in [5.74, 6) is -0.250. The molecule has 1 aromatic carbocycles. The monoisotopic (exact) mass is 290 g/mol. The number of nitrogens with one attached hydrogen (secondary N) is 1. The molecule has 4 nitrogen and oxygen atoms in total. The van der Waals surface area contributed by atoms with Crippen LogP contribution in [0.3, 0.4) is 0 Å². The number of hydrogen-bond donors (Lipinski definition) is 2. The van der Waals surface area contributed by atoms with Crippen LogP contribution in [0.5, 0.6) is 0 Å². The lowest BCUT2D eigenvalue weighted by molar-refractivity contribution is -0.140. The minimum absolute atomic E-state index is 0.406. The van der Waals surface area contributed by atoms with Gasteiger partial charge in [-0.1, -0.05) is 37.3 Å². The van der Waals surface area contributed by atoms with Crippen LogP contribution < -0.4 is 5.32 Å². The van der Waals surface area contributed by atoms with Crippen molar-refractivity contribution in [3.05, 3.63) is 35.9 Å². The van der Waals surface area contributed by atoms with Gasteiger partial charge in [-0.25, -0.2) is 0 Å². The first-order valence-corrected chi connectivity index (χ1v) is 7.91. The minimum Gasteiger partial charge on any atom is -0.480 e. The van der Waals surface area contributed by atoms with Crippen LogP contribution in [-0.2, 0) is 11.3 Å². The number of benzene rings is 1. The molecule has 1 fully saturated rings. The van der Waals surface area contributed by atoms with Crippen LogP contribution in [0.1, 0.15) is 31.7 Å². The number of aliphatic carboxylic acids is 1. The van der Waals surface area contributed by atoms with E-state index in [4.69, 9.17) is 0 Å². The number of carboxylic acid groups (broad SMARTS) is 1. The maximum atomic E-state index is 11.3. The highest BCUT2D eigenvalue weighted by Crippen LogP contribution is 2.22. The fourth-order valence-corrected chi connectivity index (χ4v) is 3.18. The summed E-state index contributed by atoms with van der Waals surface area (Å²) in [6.45, 7) is 5.75. The van der Waals surface area contributed by atoms with Crippen LogP contribution in [-0.4, -0.2) is 41.7 Å². The van der Waals surface area contributed by atoms with Gasteiger partial charge in [-0.05, 0) is 43.8 Å². The summed E-state index contributed by atoms with van der Waals surface area (Å²) < 4.78 is 0. The molecule has 1 aliphatic heterocycles. The van der Waals surface area contributed by atoms with Gasteiger partial charge in [0.1, 0.15) is 6.04 Å². The second-order valence-corrected chi connectivity index (χ2v) is 5.91.